The van der Waals surface area contributed by atoms with E-state index in [0.29, 0.717) is 41.0 Å². The van der Waals surface area contributed by atoms with Gasteiger partial charge in [-0.3, -0.25) is 4.79 Å². The molecular weight excluding hydrogens is 362 g/mol. The molecule has 0 unspecified atom stereocenters. The number of hydrogen-bond donors (Lipinski definition) is 1. The zero-order valence-corrected chi connectivity index (χ0v) is 13.6. The van der Waals surface area contributed by atoms with E-state index < -0.39 is 5.97 Å². The lowest BCUT2D eigenvalue weighted by atomic mass is 10.1. The van der Waals surface area contributed by atoms with Crippen molar-refractivity contribution in [2.45, 2.75) is 18.9 Å². The molecule has 7 heteroatoms. The molecule has 0 radical (unpaired) electrons. The van der Waals surface area contributed by atoms with E-state index in [0.717, 1.165) is 0 Å². The number of halogens is 2. The lowest BCUT2D eigenvalue weighted by Gasteiger charge is -2.32. The van der Waals surface area contributed by atoms with E-state index in [1.54, 1.807) is 23.1 Å². The first-order valence-electron chi connectivity index (χ1n) is 6.55. The van der Waals surface area contributed by atoms with Crippen molar-refractivity contribution in [2.24, 2.45) is 0 Å². The lowest BCUT2D eigenvalue weighted by molar-refractivity contribution is -0.145. The minimum Gasteiger partial charge on any atom is -0.480 e. The number of benzene rings is 1. The number of carboxylic acids is 1. The number of ether oxygens (including phenoxy) is 1. The highest BCUT2D eigenvalue weighted by Gasteiger charge is 2.25. The van der Waals surface area contributed by atoms with E-state index in [1.807, 2.05) is 0 Å². The Bertz CT molecular complexity index is 544. The highest BCUT2D eigenvalue weighted by molar-refractivity contribution is 9.10. The van der Waals surface area contributed by atoms with E-state index in [1.165, 1.54) is 0 Å². The fourth-order valence-corrected chi connectivity index (χ4v) is 2.83. The summed E-state index contributed by atoms with van der Waals surface area (Å²) in [5, 5.41) is 8.99. The summed E-state index contributed by atoms with van der Waals surface area (Å²) in [5.41, 5.74) is 0.468. The van der Waals surface area contributed by atoms with E-state index in [4.69, 9.17) is 21.4 Å². The van der Waals surface area contributed by atoms with Gasteiger partial charge in [0.25, 0.3) is 5.91 Å². The normalized spacial score (nSPS) is 16.0. The van der Waals surface area contributed by atoms with Crippen LogP contribution in [0.25, 0.3) is 0 Å². The van der Waals surface area contributed by atoms with Gasteiger partial charge < -0.3 is 14.7 Å². The Balaban J connectivity index is 1.94. The van der Waals surface area contributed by atoms with Crippen molar-refractivity contribution < 1.29 is 19.4 Å². The highest BCUT2D eigenvalue weighted by Crippen LogP contribution is 2.27. The third kappa shape index (κ3) is 4.18. The number of carboxylic acid groups (broad SMARTS) is 1. The van der Waals surface area contributed by atoms with Gasteiger partial charge in [0.05, 0.1) is 16.7 Å². The molecule has 1 heterocycles. The number of hydrogen-bond acceptors (Lipinski definition) is 3. The first-order valence-corrected chi connectivity index (χ1v) is 7.73. The molecule has 1 amide bonds. The van der Waals surface area contributed by atoms with Gasteiger partial charge in [0.1, 0.15) is 6.61 Å². The summed E-state index contributed by atoms with van der Waals surface area (Å²) in [5.74, 6) is -1.09. The SMILES string of the molecule is O=C(O)COC1CCN(C(=O)c2cccc(Br)c2Cl)CC1. The summed E-state index contributed by atoms with van der Waals surface area (Å²) in [6.07, 6.45) is 1.15. The second kappa shape index (κ2) is 7.24. The average Bonchev–Trinajstić information content (AvgIpc) is 2.48. The standard InChI is InChI=1S/C14H15BrClNO4/c15-11-3-1-2-10(13(11)16)14(20)17-6-4-9(5-7-17)21-8-12(18)19/h1-3,9H,4-8H2,(H,18,19). The Hall–Kier alpha value is -1.11. The summed E-state index contributed by atoms with van der Waals surface area (Å²) < 4.78 is 5.94. The molecule has 1 aliphatic rings. The van der Waals surface area contributed by atoms with Crippen molar-refractivity contribution in [2.75, 3.05) is 19.7 Å². The minimum absolute atomic E-state index is 0.108. The van der Waals surface area contributed by atoms with Crippen LogP contribution in [0.15, 0.2) is 22.7 Å². The van der Waals surface area contributed by atoms with Gasteiger partial charge in [-0.2, -0.15) is 0 Å². The van der Waals surface area contributed by atoms with Crippen molar-refractivity contribution in [1.29, 1.82) is 0 Å². The maximum absolute atomic E-state index is 12.4. The van der Waals surface area contributed by atoms with Gasteiger partial charge in [-0.1, -0.05) is 17.7 Å². The van der Waals surface area contributed by atoms with Crippen molar-refractivity contribution >= 4 is 39.4 Å². The van der Waals surface area contributed by atoms with E-state index in [9.17, 15) is 9.59 Å². The average molecular weight is 377 g/mol. The van der Waals surface area contributed by atoms with Crippen molar-refractivity contribution in [3.63, 3.8) is 0 Å². The van der Waals surface area contributed by atoms with Crippen LogP contribution < -0.4 is 0 Å². The fourth-order valence-electron chi connectivity index (χ4n) is 2.25. The van der Waals surface area contributed by atoms with Crippen LogP contribution in [0.5, 0.6) is 0 Å². The summed E-state index contributed by atoms with van der Waals surface area (Å²) in [4.78, 5) is 24.6. The van der Waals surface area contributed by atoms with E-state index in [-0.39, 0.29) is 18.6 Å². The molecule has 2 rings (SSSR count). The van der Waals surface area contributed by atoms with Gasteiger partial charge in [0.15, 0.2) is 0 Å². The molecule has 0 saturated carbocycles. The van der Waals surface area contributed by atoms with Crippen molar-refractivity contribution in [3.05, 3.63) is 33.3 Å². The predicted molar refractivity (Wildman–Crippen MR) is 81.7 cm³/mol. The number of aliphatic carboxylic acids is 1. The fraction of sp³-hybridized carbons (Fsp3) is 0.429. The number of carbonyl (C=O) groups is 2. The number of amides is 1. The van der Waals surface area contributed by atoms with Crippen LogP contribution in [0.3, 0.4) is 0 Å². The number of rotatable bonds is 4. The van der Waals surface area contributed by atoms with E-state index >= 15 is 0 Å². The molecule has 0 aliphatic carbocycles. The molecule has 0 atom stereocenters. The summed E-state index contributed by atoms with van der Waals surface area (Å²) >= 11 is 9.44. The van der Waals surface area contributed by atoms with Gasteiger partial charge in [-0.25, -0.2) is 4.79 Å². The number of nitrogens with zero attached hydrogens (tertiary/aromatic N) is 1. The molecule has 1 aromatic carbocycles. The Morgan fingerprint density at radius 2 is 2.05 bits per heavy atom. The number of likely N-dealkylation sites (tertiary alicyclic amines) is 1. The molecule has 0 spiro atoms. The third-order valence-electron chi connectivity index (χ3n) is 3.35. The lowest BCUT2D eigenvalue weighted by Crippen LogP contribution is -2.41. The molecule has 1 fully saturated rings. The van der Waals surface area contributed by atoms with Crippen LogP contribution in [-0.4, -0.2) is 47.7 Å². The second-order valence-corrected chi connectivity index (χ2v) is 6.03. The Morgan fingerprint density at radius 3 is 2.67 bits per heavy atom. The minimum atomic E-state index is -0.977. The van der Waals surface area contributed by atoms with Crippen LogP contribution in [0.1, 0.15) is 23.2 Å². The van der Waals surface area contributed by atoms with Gasteiger partial charge in [0.2, 0.25) is 0 Å². The zero-order valence-electron chi connectivity index (χ0n) is 11.2. The molecule has 0 aromatic heterocycles. The van der Waals surface area contributed by atoms with Crippen LogP contribution >= 0.6 is 27.5 Å². The van der Waals surface area contributed by atoms with Gasteiger partial charge in [0, 0.05) is 17.6 Å². The maximum atomic E-state index is 12.4. The van der Waals surface area contributed by atoms with Crippen LogP contribution in [0.4, 0.5) is 0 Å². The predicted octanol–water partition coefficient (Wildman–Crippen LogP) is 2.81. The molecule has 1 N–H and O–H groups in total. The molecule has 1 saturated heterocycles. The monoisotopic (exact) mass is 375 g/mol. The summed E-state index contributed by atoms with van der Waals surface area (Å²) in [6.45, 7) is 0.772. The molecule has 1 aromatic rings. The molecule has 114 valence electrons. The molecule has 0 bridgehead atoms. The molecule has 21 heavy (non-hydrogen) atoms. The smallest absolute Gasteiger partial charge is 0.329 e. The highest BCUT2D eigenvalue weighted by atomic mass is 79.9. The quantitative estimate of drug-likeness (QED) is 0.877. The van der Waals surface area contributed by atoms with Crippen molar-refractivity contribution in [3.8, 4) is 0 Å². The van der Waals surface area contributed by atoms with E-state index in [2.05, 4.69) is 15.9 Å². The van der Waals surface area contributed by atoms with Crippen LogP contribution in [0, 0.1) is 0 Å². The number of piperidine rings is 1. The Morgan fingerprint density at radius 1 is 1.38 bits per heavy atom. The Labute approximate surface area is 136 Å². The Kier molecular flexibility index (Phi) is 5.61. The third-order valence-corrected chi connectivity index (χ3v) is 4.65. The first-order chi connectivity index (χ1) is 9.99. The second-order valence-electron chi connectivity index (χ2n) is 4.80. The topological polar surface area (TPSA) is 66.8 Å². The largest absolute Gasteiger partial charge is 0.480 e. The molecule has 5 nitrogen and oxygen atoms in total. The van der Waals surface area contributed by atoms with Crippen LogP contribution in [-0.2, 0) is 9.53 Å². The first kappa shape index (κ1) is 16.3. The molecular formula is C14H15BrClNO4. The van der Waals surface area contributed by atoms with Gasteiger partial charge in [-0.15, -0.1) is 0 Å². The van der Waals surface area contributed by atoms with Crippen LogP contribution in [0.2, 0.25) is 5.02 Å². The van der Waals surface area contributed by atoms with Gasteiger partial charge >= 0.3 is 5.97 Å². The zero-order chi connectivity index (χ0) is 15.4. The summed E-state index contributed by atoms with van der Waals surface area (Å²) in [7, 11) is 0. The van der Waals surface area contributed by atoms with Crippen molar-refractivity contribution in [1.82, 2.24) is 4.90 Å². The van der Waals surface area contributed by atoms with Gasteiger partial charge in [-0.05, 0) is 40.9 Å². The maximum Gasteiger partial charge on any atom is 0.329 e. The molecule has 1 aliphatic heterocycles. The summed E-state index contributed by atoms with van der Waals surface area (Å²) in [6, 6.07) is 5.25. The number of carbonyl (C=O) groups excluding carboxylic acids is 1.